The van der Waals surface area contributed by atoms with Gasteiger partial charge < -0.3 is 44.6 Å². The molecule has 67 heavy (non-hydrogen) atoms. The van der Waals surface area contributed by atoms with Gasteiger partial charge in [0.15, 0.2) is 5.58 Å². The Morgan fingerprint density at radius 1 is 0.955 bits per heavy atom. The summed E-state index contributed by atoms with van der Waals surface area (Å²) in [6, 6.07) is 17.1. The summed E-state index contributed by atoms with van der Waals surface area (Å²) in [5, 5.41) is 23.3. The molecule has 1 saturated heterocycles. The zero-order chi connectivity index (χ0) is 47.7. The van der Waals surface area contributed by atoms with Gasteiger partial charge in [-0.2, -0.15) is 5.10 Å². The van der Waals surface area contributed by atoms with Gasteiger partial charge in [0, 0.05) is 44.7 Å². The molecule has 1 aliphatic heterocycles. The summed E-state index contributed by atoms with van der Waals surface area (Å²) in [4.78, 5) is 80.4. The molecule has 4 amide bonds. The maximum absolute atomic E-state index is 13.9. The van der Waals surface area contributed by atoms with Gasteiger partial charge in [-0.15, -0.1) is 11.3 Å². The van der Waals surface area contributed by atoms with E-state index in [1.165, 1.54) is 41.0 Å². The smallest absolute Gasteiger partial charge is 0.274 e. The molecule has 3 atom stereocenters. The third-order valence-corrected chi connectivity index (χ3v) is 11.8. The second-order valence-corrected chi connectivity index (χ2v) is 17.8. The van der Waals surface area contributed by atoms with Gasteiger partial charge >= 0.3 is 0 Å². The zero-order valence-electron chi connectivity index (χ0n) is 37.8. The number of amides is 4. The number of oxazole rings is 1. The van der Waals surface area contributed by atoms with Crippen LogP contribution in [-0.4, -0.2) is 116 Å². The summed E-state index contributed by atoms with van der Waals surface area (Å²) in [5.74, 6) is -0.967. The molecule has 4 aromatic heterocycles. The van der Waals surface area contributed by atoms with Crippen LogP contribution in [0.5, 0.6) is 5.75 Å². The maximum Gasteiger partial charge on any atom is 0.274 e. The molecule has 20 heteroatoms. The number of ether oxygens (including phenoxy) is 3. The van der Waals surface area contributed by atoms with Crippen molar-refractivity contribution < 1.29 is 42.9 Å². The van der Waals surface area contributed by atoms with Crippen LogP contribution in [0.25, 0.3) is 33.1 Å². The predicted octanol–water partition coefficient (Wildman–Crippen LogP) is 4.28. The summed E-state index contributed by atoms with van der Waals surface area (Å²) < 4.78 is 23.8. The fraction of sp³-hybridized carbons (Fsp3) is 0.383. The molecular weight excluding hydrogens is 883 g/mol. The van der Waals surface area contributed by atoms with Crippen molar-refractivity contribution in [2.75, 3.05) is 44.9 Å². The van der Waals surface area contributed by atoms with Crippen LogP contribution in [-0.2, 0) is 37.4 Å². The average Bonchev–Trinajstić information content (AvgIpc) is 4.05. The van der Waals surface area contributed by atoms with E-state index in [1.807, 2.05) is 52.0 Å². The lowest BCUT2D eigenvalue weighted by Crippen LogP contribution is -2.57. The molecule has 4 N–H and O–H groups in total. The van der Waals surface area contributed by atoms with Gasteiger partial charge in [-0.25, -0.2) is 19.6 Å². The van der Waals surface area contributed by atoms with Crippen LogP contribution < -0.4 is 26.2 Å². The molecule has 5 heterocycles. The number of aliphatic hydroxyl groups excluding tert-OH is 1. The Labute approximate surface area is 389 Å². The first kappa shape index (κ1) is 48.1. The van der Waals surface area contributed by atoms with Crippen molar-refractivity contribution in [2.24, 2.45) is 12.5 Å². The monoisotopic (exact) mass is 935 g/mol. The number of pyridine rings is 1. The zero-order valence-corrected chi connectivity index (χ0v) is 38.6. The molecule has 1 aliphatic rings. The quantitative estimate of drug-likeness (QED) is 0.0830. The summed E-state index contributed by atoms with van der Waals surface area (Å²) >= 11 is 1.57. The third-order valence-electron chi connectivity index (χ3n) is 10.8. The van der Waals surface area contributed by atoms with Crippen LogP contribution >= 0.6 is 11.3 Å². The normalized spacial score (nSPS) is 15.3. The number of rotatable bonds is 19. The first-order valence-corrected chi connectivity index (χ1v) is 22.6. The van der Waals surface area contributed by atoms with Crippen molar-refractivity contribution in [2.45, 2.75) is 65.3 Å². The van der Waals surface area contributed by atoms with E-state index in [4.69, 9.17) is 18.6 Å². The highest BCUT2D eigenvalue weighted by Gasteiger charge is 2.44. The lowest BCUT2D eigenvalue weighted by Gasteiger charge is -2.35. The molecule has 1 unspecified atom stereocenters. The van der Waals surface area contributed by atoms with E-state index in [0.29, 0.717) is 28.2 Å². The van der Waals surface area contributed by atoms with Crippen molar-refractivity contribution in [1.82, 2.24) is 40.3 Å². The molecule has 0 spiro atoms. The number of β-amino-alcohol motifs (C(OH)–C–C–N with tert-alkyl or cyclic N) is 1. The molecular formula is C47H53N9O10S. The van der Waals surface area contributed by atoms with Crippen LogP contribution in [0.15, 0.2) is 87.6 Å². The number of benzene rings is 2. The Balaban J connectivity index is 0.778. The van der Waals surface area contributed by atoms with E-state index < -0.39 is 41.3 Å². The van der Waals surface area contributed by atoms with Gasteiger partial charge in [-0.1, -0.05) is 45.0 Å². The standard InChI is InChI=1S/C47H53N9O10S/c1-28-41(67-27-50-28)30-8-6-29(7-9-30)24-49-44(61)37-23-32(57)26-56(37)46(62)42(47(2,3)4)53-39(58)16-17-63-18-19-64-20-21-65-33-11-12-34(48-25-33)43(60)51-31-10-14-38-36(22-31)52-45(66-38)35-13-15-40(59)55(5)54-35/h6-15,22,25,27,32,37,42,57H,16-21,23-24,26H2,1-5H3,(H,49,61)(H,51,60)(H,53,58)/t32-,37+,42?/m1/s1. The third kappa shape index (κ3) is 12.5. The summed E-state index contributed by atoms with van der Waals surface area (Å²) in [6.07, 6.45) is 0.642. The first-order chi connectivity index (χ1) is 32.1. The minimum atomic E-state index is -0.953. The fourth-order valence-corrected chi connectivity index (χ4v) is 8.06. The molecule has 0 saturated carbocycles. The molecule has 7 rings (SSSR count). The number of aliphatic hydroxyl groups is 1. The largest absolute Gasteiger partial charge is 0.490 e. The van der Waals surface area contributed by atoms with Crippen LogP contribution in [0.4, 0.5) is 5.69 Å². The number of carbonyl (C=O) groups excluding carboxylic acids is 4. The van der Waals surface area contributed by atoms with E-state index in [1.54, 1.807) is 41.1 Å². The van der Waals surface area contributed by atoms with Gasteiger partial charge in [-0.3, -0.25) is 24.0 Å². The number of nitrogens with zero attached hydrogens (tertiary/aromatic N) is 6. The van der Waals surface area contributed by atoms with E-state index in [-0.39, 0.29) is 82.0 Å². The van der Waals surface area contributed by atoms with E-state index in [2.05, 4.69) is 36.0 Å². The van der Waals surface area contributed by atoms with E-state index in [9.17, 15) is 29.1 Å². The Morgan fingerprint density at radius 2 is 1.72 bits per heavy atom. The Bertz CT molecular complexity index is 2750. The highest BCUT2D eigenvalue weighted by molar-refractivity contribution is 7.13. The van der Waals surface area contributed by atoms with E-state index in [0.717, 1.165) is 21.7 Å². The number of aromatic nitrogens is 5. The fourth-order valence-electron chi connectivity index (χ4n) is 7.24. The number of likely N-dealkylation sites (tertiary alicyclic amines) is 1. The Kier molecular flexibility index (Phi) is 15.5. The lowest BCUT2D eigenvalue weighted by molar-refractivity contribution is -0.144. The SMILES string of the molecule is Cc1ncsc1-c1ccc(CNC(=O)[C@@H]2C[C@@H](O)CN2C(=O)C(NC(=O)CCOCCOCCOc2ccc(C(=O)Nc3ccc4oc(-c5ccc(=O)n(C)n5)nc4c3)nc2)C(C)(C)C)cc1. The molecule has 0 radical (unpaired) electrons. The maximum atomic E-state index is 13.9. The number of hydrogen-bond acceptors (Lipinski definition) is 15. The number of thiazole rings is 1. The number of carbonyl (C=O) groups is 4. The van der Waals surface area contributed by atoms with Gasteiger partial charge in [0.2, 0.25) is 23.6 Å². The number of aryl methyl sites for hydroxylation is 2. The van der Waals surface area contributed by atoms with Crippen LogP contribution in [0.3, 0.4) is 0 Å². The van der Waals surface area contributed by atoms with Gasteiger partial charge in [-0.05, 0) is 59.9 Å². The highest BCUT2D eigenvalue weighted by Crippen LogP contribution is 2.29. The molecule has 2 aromatic carbocycles. The molecule has 0 aliphatic carbocycles. The highest BCUT2D eigenvalue weighted by atomic mass is 32.1. The second kappa shape index (κ2) is 21.6. The van der Waals surface area contributed by atoms with Crippen molar-refractivity contribution in [3.8, 4) is 27.8 Å². The molecule has 1 fully saturated rings. The van der Waals surface area contributed by atoms with Gasteiger partial charge in [0.25, 0.3) is 11.5 Å². The first-order valence-electron chi connectivity index (χ1n) is 21.7. The van der Waals surface area contributed by atoms with Gasteiger partial charge in [0.05, 0.1) is 54.8 Å². The molecule has 19 nitrogen and oxygen atoms in total. The predicted molar refractivity (Wildman–Crippen MR) is 248 cm³/mol. The lowest BCUT2D eigenvalue weighted by atomic mass is 9.85. The number of fused-ring (bicyclic) bond motifs is 1. The summed E-state index contributed by atoms with van der Waals surface area (Å²) in [5.41, 5.74) is 5.76. The Hall–Kier alpha value is -6.87. The Morgan fingerprint density at radius 3 is 2.42 bits per heavy atom. The van der Waals surface area contributed by atoms with Crippen molar-refractivity contribution in [1.29, 1.82) is 0 Å². The van der Waals surface area contributed by atoms with Crippen LogP contribution in [0.1, 0.15) is 55.4 Å². The van der Waals surface area contributed by atoms with Crippen LogP contribution in [0.2, 0.25) is 0 Å². The molecule has 352 valence electrons. The number of nitrogens with one attached hydrogen (secondary N) is 3. The molecule has 0 bridgehead atoms. The number of hydrogen-bond donors (Lipinski definition) is 4. The minimum absolute atomic E-state index is 0.00688. The van der Waals surface area contributed by atoms with Crippen molar-refractivity contribution in [3.63, 3.8) is 0 Å². The van der Waals surface area contributed by atoms with E-state index >= 15 is 0 Å². The topological polar surface area (TPSA) is 242 Å². The average molecular weight is 936 g/mol. The van der Waals surface area contributed by atoms with Crippen molar-refractivity contribution >= 4 is 51.8 Å². The van der Waals surface area contributed by atoms with Crippen LogP contribution in [0, 0.1) is 12.3 Å². The van der Waals surface area contributed by atoms with Crippen molar-refractivity contribution in [3.05, 3.63) is 106 Å². The van der Waals surface area contributed by atoms with Gasteiger partial charge in [0.1, 0.15) is 41.3 Å². The molecule has 6 aromatic rings. The summed E-state index contributed by atoms with van der Waals surface area (Å²) in [6.45, 7) is 8.69. The minimum Gasteiger partial charge on any atom is -0.490 e. The number of anilines is 1. The summed E-state index contributed by atoms with van der Waals surface area (Å²) in [7, 11) is 1.53. The second-order valence-electron chi connectivity index (χ2n) is 17.0.